The van der Waals surface area contributed by atoms with E-state index < -0.39 is 11.7 Å². The van der Waals surface area contributed by atoms with E-state index in [1.165, 1.54) is 12.1 Å². The average Bonchev–Trinajstić information content (AvgIpc) is 2.30. The van der Waals surface area contributed by atoms with Crippen molar-refractivity contribution in [3.63, 3.8) is 0 Å². The Bertz CT molecular complexity index is 430. The Balaban J connectivity index is 2.35. The highest BCUT2D eigenvalue weighted by Gasteiger charge is 2.38. The van der Waals surface area contributed by atoms with Crippen molar-refractivity contribution in [3.05, 3.63) is 48.3 Å². The van der Waals surface area contributed by atoms with Crippen LogP contribution in [0.4, 0.5) is 9.18 Å². The fraction of sp³-hybridized carbons (Fsp3) is 0.308. The van der Waals surface area contributed by atoms with Crippen molar-refractivity contribution < 1.29 is 13.9 Å². The van der Waals surface area contributed by atoms with Crippen LogP contribution in [0.25, 0.3) is 0 Å². The van der Waals surface area contributed by atoms with Crippen LogP contribution >= 0.6 is 0 Å². The third-order valence-electron chi connectivity index (χ3n) is 2.93. The lowest BCUT2D eigenvalue weighted by Gasteiger charge is -2.36. The smallest absolute Gasteiger partial charge is 0.408 e. The summed E-state index contributed by atoms with van der Waals surface area (Å²) < 4.78 is 18.3. The number of carbonyl (C=O) groups excluding carboxylic acids is 1. The molecule has 1 aromatic carbocycles. The first-order valence-electron chi connectivity index (χ1n) is 5.50. The first kappa shape index (κ1) is 11.6. The largest absolute Gasteiger partial charge is 0.438 e. The van der Waals surface area contributed by atoms with Gasteiger partial charge < -0.3 is 10.1 Å². The molecule has 0 unspecified atom stereocenters. The van der Waals surface area contributed by atoms with E-state index in [2.05, 4.69) is 11.9 Å². The number of alkyl carbamates (subject to hydrolysis) is 1. The summed E-state index contributed by atoms with van der Waals surface area (Å²) in [5.74, 6) is -0.303. The van der Waals surface area contributed by atoms with E-state index in [4.69, 9.17) is 4.74 Å². The lowest BCUT2D eigenvalue weighted by molar-refractivity contribution is -0.0150. The summed E-state index contributed by atoms with van der Waals surface area (Å²) in [5, 5.41) is 2.61. The Hall–Kier alpha value is -1.84. The van der Waals surface area contributed by atoms with Crippen LogP contribution in [0.1, 0.15) is 18.4 Å². The van der Waals surface area contributed by atoms with Crippen LogP contribution in [0.2, 0.25) is 0 Å². The Kier molecular flexibility index (Phi) is 3.13. The lowest BCUT2D eigenvalue weighted by Crippen LogP contribution is -2.45. The molecule has 1 aliphatic rings. The topological polar surface area (TPSA) is 38.3 Å². The van der Waals surface area contributed by atoms with Gasteiger partial charge in [0.25, 0.3) is 0 Å². The van der Waals surface area contributed by atoms with Gasteiger partial charge in [-0.05, 0) is 17.7 Å². The lowest BCUT2D eigenvalue weighted by atomic mass is 9.86. The molecule has 0 aromatic heterocycles. The van der Waals surface area contributed by atoms with Crippen LogP contribution < -0.4 is 5.32 Å². The van der Waals surface area contributed by atoms with E-state index in [9.17, 15) is 9.18 Å². The molecule has 1 aromatic rings. The maximum absolute atomic E-state index is 12.9. The zero-order chi connectivity index (χ0) is 12.3. The predicted molar refractivity (Wildman–Crippen MR) is 62.0 cm³/mol. The van der Waals surface area contributed by atoms with Crippen molar-refractivity contribution in [1.82, 2.24) is 5.32 Å². The van der Waals surface area contributed by atoms with E-state index in [1.54, 1.807) is 18.2 Å². The minimum absolute atomic E-state index is 0.303. The summed E-state index contributed by atoms with van der Waals surface area (Å²) in [6, 6.07) is 6.04. The molecule has 1 heterocycles. The molecule has 3 nitrogen and oxygen atoms in total. The van der Waals surface area contributed by atoms with Gasteiger partial charge in [-0.15, -0.1) is 6.58 Å². The van der Waals surface area contributed by atoms with Gasteiger partial charge in [-0.3, -0.25) is 0 Å². The molecule has 2 rings (SSSR count). The zero-order valence-corrected chi connectivity index (χ0v) is 9.41. The van der Waals surface area contributed by atoms with Crippen molar-refractivity contribution >= 4 is 6.09 Å². The van der Waals surface area contributed by atoms with Crippen LogP contribution in [-0.4, -0.2) is 12.6 Å². The summed E-state index contributed by atoms with van der Waals surface area (Å²) in [5.41, 5.74) is 0.0891. The minimum atomic E-state index is -0.711. The molecule has 0 bridgehead atoms. The van der Waals surface area contributed by atoms with E-state index in [0.29, 0.717) is 19.4 Å². The fourth-order valence-corrected chi connectivity index (χ4v) is 2.08. The predicted octanol–water partition coefficient (Wildman–Crippen LogP) is 2.73. The molecule has 1 saturated heterocycles. The van der Waals surface area contributed by atoms with Crippen molar-refractivity contribution in [2.75, 3.05) is 6.54 Å². The number of nitrogens with one attached hydrogen (secondary N) is 1. The number of hydrogen-bond donors (Lipinski definition) is 1. The molecule has 4 heteroatoms. The Labute approximate surface area is 99.3 Å². The summed E-state index contributed by atoms with van der Waals surface area (Å²) in [4.78, 5) is 11.4. The molecule has 1 aliphatic heterocycles. The first-order valence-corrected chi connectivity index (χ1v) is 5.50. The number of amides is 1. The second-order valence-electron chi connectivity index (χ2n) is 4.06. The molecular weight excluding hydrogens is 221 g/mol. The van der Waals surface area contributed by atoms with Crippen LogP contribution in [0.15, 0.2) is 36.9 Å². The van der Waals surface area contributed by atoms with Crippen molar-refractivity contribution in [3.8, 4) is 0 Å². The highest BCUT2D eigenvalue weighted by Crippen LogP contribution is 2.35. The van der Waals surface area contributed by atoms with Gasteiger partial charge in [-0.1, -0.05) is 18.2 Å². The van der Waals surface area contributed by atoms with Crippen LogP contribution in [0.5, 0.6) is 0 Å². The van der Waals surface area contributed by atoms with E-state index in [-0.39, 0.29) is 5.82 Å². The molecule has 1 N–H and O–H groups in total. The Morgan fingerprint density at radius 2 is 2.18 bits per heavy atom. The second-order valence-corrected chi connectivity index (χ2v) is 4.06. The maximum Gasteiger partial charge on any atom is 0.408 e. The summed E-state index contributed by atoms with van der Waals surface area (Å²) in [7, 11) is 0. The van der Waals surface area contributed by atoms with Gasteiger partial charge in [0, 0.05) is 19.4 Å². The van der Waals surface area contributed by atoms with Crippen LogP contribution in [0.3, 0.4) is 0 Å². The molecular formula is C13H14FNO2. The molecule has 90 valence electrons. The highest BCUT2D eigenvalue weighted by molar-refractivity contribution is 5.69. The fourth-order valence-electron chi connectivity index (χ4n) is 2.08. The third-order valence-corrected chi connectivity index (χ3v) is 2.93. The molecule has 17 heavy (non-hydrogen) atoms. The van der Waals surface area contributed by atoms with Crippen molar-refractivity contribution in [1.29, 1.82) is 0 Å². The zero-order valence-electron chi connectivity index (χ0n) is 9.41. The summed E-state index contributed by atoms with van der Waals surface area (Å²) >= 11 is 0. The second kappa shape index (κ2) is 4.57. The average molecular weight is 235 g/mol. The van der Waals surface area contributed by atoms with Crippen LogP contribution in [0, 0.1) is 5.82 Å². The normalized spacial score (nSPS) is 23.7. The monoisotopic (exact) mass is 235 g/mol. The Morgan fingerprint density at radius 3 is 2.76 bits per heavy atom. The van der Waals surface area contributed by atoms with Crippen molar-refractivity contribution in [2.45, 2.75) is 18.4 Å². The maximum atomic E-state index is 12.9. The first-order chi connectivity index (χ1) is 8.16. The number of carbonyl (C=O) groups is 1. The highest BCUT2D eigenvalue weighted by atomic mass is 19.1. The van der Waals surface area contributed by atoms with Crippen LogP contribution in [-0.2, 0) is 10.3 Å². The molecule has 1 fully saturated rings. The van der Waals surface area contributed by atoms with Gasteiger partial charge in [0.05, 0.1) is 0 Å². The van der Waals surface area contributed by atoms with E-state index in [1.807, 2.05) is 0 Å². The molecule has 0 radical (unpaired) electrons. The minimum Gasteiger partial charge on any atom is -0.438 e. The van der Waals surface area contributed by atoms with E-state index in [0.717, 1.165) is 5.56 Å². The number of rotatable bonds is 3. The molecule has 1 atom stereocenters. The molecule has 0 saturated carbocycles. The van der Waals surface area contributed by atoms with E-state index >= 15 is 0 Å². The summed E-state index contributed by atoms with van der Waals surface area (Å²) in [6.45, 7) is 4.23. The van der Waals surface area contributed by atoms with Gasteiger partial charge in [-0.2, -0.15) is 0 Å². The molecule has 1 amide bonds. The standard InChI is InChI=1S/C13H14FNO2/c1-2-7-13(8-9-15-12(16)17-13)10-3-5-11(14)6-4-10/h2-6H,1,7-9H2,(H,15,16)/t13-/m1/s1. The van der Waals surface area contributed by atoms with Gasteiger partial charge in [0.2, 0.25) is 0 Å². The van der Waals surface area contributed by atoms with Gasteiger partial charge in [0.1, 0.15) is 11.4 Å². The number of benzene rings is 1. The SMILES string of the molecule is C=CC[C@]1(c2ccc(F)cc2)CCNC(=O)O1. The Morgan fingerprint density at radius 1 is 1.47 bits per heavy atom. The molecule has 0 spiro atoms. The molecule has 0 aliphatic carbocycles. The van der Waals surface area contributed by atoms with Gasteiger partial charge >= 0.3 is 6.09 Å². The number of cyclic esters (lactones) is 1. The van der Waals surface area contributed by atoms with Gasteiger partial charge in [0.15, 0.2) is 0 Å². The number of ether oxygens (including phenoxy) is 1. The van der Waals surface area contributed by atoms with Gasteiger partial charge in [-0.25, -0.2) is 9.18 Å². The number of halogens is 1. The summed E-state index contributed by atoms with van der Waals surface area (Å²) in [6.07, 6.45) is 2.44. The van der Waals surface area contributed by atoms with Crippen molar-refractivity contribution in [2.24, 2.45) is 0 Å². The third kappa shape index (κ3) is 2.30. The quantitative estimate of drug-likeness (QED) is 0.818. The number of hydrogen-bond acceptors (Lipinski definition) is 2.